The first kappa shape index (κ1) is 9.98. The molecule has 0 rings (SSSR count). The van der Waals surface area contributed by atoms with Crippen molar-refractivity contribution in [3.8, 4) is 0 Å². The highest BCUT2D eigenvalue weighted by atomic mass is 32.2. The lowest BCUT2D eigenvalue weighted by molar-refractivity contribution is -0.109. The predicted octanol–water partition coefficient (Wildman–Crippen LogP) is 1.27. The zero-order valence-corrected chi connectivity index (χ0v) is 7.46. The molecule has 0 aliphatic rings. The van der Waals surface area contributed by atoms with Gasteiger partial charge in [-0.2, -0.15) is 0 Å². The van der Waals surface area contributed by atoms with Gasteiger partial charge in [0, 0.05) is 12.7 Å². The summed E-state index contributed by atoms with van der Waals surface area (Å²) in [6.07, 6.45) is 2.29. The van der Waals surface area contributed by atoms with E-state index in [1.807, 2.05) is 7.05 Å². The van der Waals surface area contributed by atoms with Crippen LogP contribution >= 0.6 is 11.8 Å². The molecule has 0 spiro atoms. The third kappa shape index (κ3) is 7.98. The van der Waals surface area contributed by atoms with Crippen LogP contribution in [-0.4, -0.2) is 24.5 Å². The number of thioether (sulfide) groups is 1. The first-order valence-corrected chi connectivity index (χ1v) is 4.54. The van der Waals surface area contributed by atoms with Crippen LogP contribution in [-0.2, 0) is 4.79 Å². The van der Waals surface area contributed by atoms with Gasteiger partial charge in [0.1, 0.15) is 0 Å². The lowest BCUT2D eigenvalue weighted by Crippen LogP contribution is -2.07. The Labute approximate surface area is 66.8 Å². The van der Waals surface area contributed by atoms with E-state index < -0.39 is 0 Å². The van der Waals surface area contributed by atoms with Crippen LogP contribution in [0.2, 0.25) is 0 Å². The third-order valence-electron chi connectivity index (χ3n) is 1.13. The molecule has 0 saturated heterocycles. The molecular formula is C7H15NOS. The Balaban J connectivity index is 2.84. The Morgan fingerprint density at radius 3 is 2.70 bits per heavy atom. The van der Waals surface area contributed by atoms with Crippen LogP contribution in [0.25, 0.3) is 0 Å². The standard InChI is InChI=1S/C7H15NOS/c1-7(9)10-6-4-3-5-8-2/h8H,3-6H2,1-2H3. The lowest BCUT2D eigenvalue weighted by Gasteiger charge is -1.96. The van der Waals surface area contributed by atoms with E-state index in [2.05, 4.69) is 5.32 Å². The van der Waals surface area contributed by atoms with Crippen molar-refractivity contribution in [2.75, 3.05) is 19.3 Å². The van der Waals surface area contributed by atoms with Crippen LogP contribution in [0.3, 0.4) is 0 Å². The van der Waals surface area contributed by atoms with E-state index in [1.165, 1.54) is 11.8 Å². The summed E-state index contributed by atoms with van der Waals surface area (Å²) >= 11 is 1.42. The minimum absolute atomic E-state index is 0.226. The van der Waals surface area contributed by atoms with Crippen molar-refractivity contribution < 1.29 is 4.79 Å². The second-order valence-electron chi connectivity index (χ2n) is 2.15. The first-order chi connectivity index (χ1) is 4.77. The van der Waals surface area contributed by atoms with Crippen molar-refractivity contribution in [3.63, 3.8) is 0 Å². The van der Waals surface area contributed by atoms with Gasteiger partial charge >= 0.3 is 0 Å². The fraction of sp³-hybridized carbons (Fsp3) is 0.857. The molecule has 0 fully saturated rings. The molecule has 0 atom stereocenters. The molecule has 0 aromatic rings. The molecule has 0 radical (unpaired) electrons. The Hall–Kier alpha value is -0.0200. The number of nitrogens with one attached hydrogen (secondary N) is 1. The molecule has 0 amide bonds. The topological polar surface area (TPSA) is 29.1 Å². The summed E-state index contributed by atoms with van der Waals surface area (Å²) in [5.41, 5.74) is 0. The molecule has 0 heterocycles. The molecule has 0 aromatic carbocycles. The number of hydrogen-bond acceptors (Lipinski definition) is 3. The largest absolute Gasteiger partial charge is 0.320 e. The summed E-state index contributed by atoms with van der Waals surface area (Å²) in [6, 6.07) is 0. The number of hydrogen-bond donors (Lipinski definition) is 1. The molecule has 10 heavy (non-hydrogen) atoms. The minimum atomic E-state index is 0.226. The molecule has 0 unspecified atom stereocenters. The van der Waals surface area contributed by atoms with Crippen LogP contribution in [0.15, 0.2) is 0 Å². The van der Waals surface area contributed by atoms with E-state index in [9.17, 15) is 4.79 Å². The van der Waals surface area contributed by atoms with E-state index in [1.54, 1.807) is 6.92 Å². The number of carbonyl (C=O) groups excluding carboxylic acids is 1. The van der Waals surface area contributed by atoms with Gasteiger partial charge in [0.2, 0.25) is 0 Å². The second kappa shape index (κ2) is 7.09. The lowest BCUT2D eigenvalue weighted by atomic mass is 10.3. The van der Waals surface area contributed by atoms with Gasteiger partial charge < -0.3 is 5.32 Å². The number of carbonyl (C=O) groups is 1. The van der Waals surface area contributed by atoms with Gasteiger partial charge in [-0.25, -0.2) is 0 Å². The molecule has 60 valence electrons. The maximum atomic E-state index is 10.4. The average molecular weight is 161 g/mol. The zero-order chi connectivity index (χ0) is 7.82. The fourth-order valence-electron chi connectivity index (χ4n) is 0.620. The summed E-state index contributed by atoms with van der Waals surface area (Å²) in [4.78, 5) is 10.4. The van der Waals surface area contributed by atoms with Gasteiger partial charge in [0.05, 0.1) is 0 Å². The van der Waals surface area contributed by atoms with Crippen LogP contribution in [0.1, 0.15) is 19.8 Å². The molecule has 0 aliphatic carbocycles. The highest BCUT2D eigenvalue weighted by Gasteiger charge is 1.92. The summed E-state index contributed by atoms with van der Waals surface area (Å²) < 4.78 is 0. The van der Waals surface area contributed by atoms with E-state index >= 15 is 0 Å². The monoisotopic (exact) mass is 161 g/mol. The summed E-state index contributed by atoms with van der Waals surface area (Å²) in [5, 5.41) is 3.29. The van der Waals surface area contributed by atoms with Gasteiger partial charge in [-0.3, -0.25) is 4.79 Å². The van der Waals surface area contributed by atoms with Crippen LogP contribution in [0.5, 0.6) is 0 Å². The van der Waals surface area contributed by atoms with E-state index in [0.29, 0.717) is 0 Å². The molecule has 0 bridgehead atoms. The minimum Gasteiger partial charge on any atom is -0.320 e. The van der Waals surface area contributed by atoms with E-state index in [-0.39, 0.29) is 5.12 Å². The quantitative estimate of drug-likeness (QED) is 0.616. The highest BCUT2D eigenvalue weighted by Crippen LogP contribution is 2.04. The van der Waals surface area contributed by atoms with Gasteiger partial charge in [0.15, 0.2) is 5.12 Å². The summed E-state index contributed by atoms with van der Waals surface area (Å²) in [7, 11) is 1.94. The molecule has 0 aliphatic heterocycles. The van der Waals surface area contributed by atoms with Crippen molar-refractivity contribution in [1.29, 1.82) is 0 Å². The molecular weight excluding hydrogens is 146 g/mol. The summed E-state index contributed by atoms with van der Waals surface area (Å²) in [6.45, 7) is 2.67. The molecule has 3 heteroatoms. The second-order valence-corrected chi connectivity index (χ2v) is 3.42. The Morgan fingerprint density at radius 2 is 2.20 bits per heavy atom. The number of unbranched alkanes of at least 4 members (excludes halogenated alkanes) is 1. The van der Waals surface area contributed by atoms with Gasteiger partial charge in [-0.1, -0.05) is 11.8 Å². The van der Waals surface area contributed by atoms with Crippen molar-refractivity contribution in [3.05, 3.63) is 0 Å². The maximum absolute atomic E-state index is 10.4. The maximum Gasteiger partial charge on any atom is 0.185 e. The van der Waals surface area contributed by atoms with Gasteiger partial charge in [0.25, 0.3) is 0 Å². The molecule has 2 nitrogen and oxygen atoms in total. The molecule has 0 saturated carbocycles. The average Bonchev–Trinajstić information content (AvgIpc) is 1.87. The predicted molar refractivity (Wildman–Crippen MR) is 46.3 cm³/mol. The smallest absolute Gasteiger partial charge is 0.185 e. The van der Waals surface area contributed by atoms with Gasteiger partial charge in [-0.15, -0.1) is 0 Å². The van der Waals surface area contributed by atoms with E-state index in [0.717, 1.165) is 25.1 Å². The number of rotatable bonds is 5. The van der Waals surface area contributed by atoms with Crippen molar-refractivity contribution in [2.45, 2.75) is 19.8 Å². The third-order valence-corrected chi connectivity index (χ3v) is 2.03. The van der Waals surface area contributed by atoms with Crippen molar-refractivity contribution in [2.24, 2.45) is 0 Å². The van der Waals surface area contributed by atoms with Crippen molar-refractivity contribution >= 4 is 16.9 Å². The Bertz CT molecular complexity index is 95.6. The van der Waals surface area contributed by atoms with Crippen molar-refractivity contribution in [1.82, 2.24) is 5.32 Å². The summed E-state index contributed by atoms with van der Waals surface area (Å²) in [5.74, 6) is 0.969. The van der Waals surface area contributed by atoms with Crippen LogP contribution in [0, 0.1) is 0 Å². The van der Waals surface area contributed by atoms with Crippen LogP contribution in [0.4, 0.5) is 0 Å². The van der Waals surface area contributed by atoms with Gasteiger partial charge in [-0.05, 0) is 26.4 Å². The van der Waals surface area contributed by atoms with E-state index in [4.69, 9.17) is 0 Å². The zero-order valence-electron chi connectivity index (χ0n) is 6.64. The fourth-order valence-corrected chi connectivity index (χ4v) is 1.26. The molecule has 0 aromatic heterocycles. The highest BCUT2D eigenvalue weighted by molar-refractivity contribution is 8.13. The Kier molecular flexibility index (Phi) is 7.08. The van der Waals surface area contributed by atoms with Crippen LogP contribution < -0.4 is 5.32 Å². The molecule has 1 N–H and O–H groups in total. The first-order valence-electron chi connectivity index (χ1n) is 3.55. The SMILES string of the molecule is CNCCCCSC(C)=O. The Morgan fingerprint density at radius 1 is 1.50 bits per heavy atom. The normalized spacial score (nSPS) is 9.80.